The van der Waals surface area contributed by atoms with Gasteiger partial charge in [-0.3, -0.25) is 4.79 Å². The molecule has 2 unspecified atom stereocenters. The molecule has 2 aliphatic rings. The third-order valence-electron chi connectivity index (χ3n) is 4.45. The zero-order valence-corrected chi connectivity index (χ0v) is 13.6. The molecule has 0 aromatic heterocycles. The van der Waals surface area contributed by atoms with Crippen LogP contribution in [0.4, 0.5) is 0 Å². The van der Waals surface area contributed by atoms with E-state index in [1.807, 2.05) is 17.0 Å². The van der Waals surface area contributed by atoms with Crippen molar-refractivity contribution < 1.29 is 4.79 Å². The van der Waals surface area contributed by atoms with Crippen molar-refractivity contribution in [3.63, 3.8) is 0 Å². The number of carbonyl (C=O) groups is 1. The van der Waals surface area contributed by atoms with Gasteiger partial charge in [0.15, 0.2) is 0 Å². The lowest BCUT2D eigenvalue weighted by Gasteiger charge is -2.27. The second kappa shape index (κ2) is 6.15. The van der Waals surface area contributed by atoms with Crippen LogP contribution in [0.2, 0.25) is 10.0 Å². The molecule has 2 fully saturated rings. The van der Waals surface area contributed by atoms with Gasteiger partial charge in [-0.1, -0.05) is 29.3 Å². The molecular weight excluding hydrogens is 307 g/mol. The number of benzene rings is 1. The zero-order chi connectivity index (χ0) is 15.0. The van der Waals surface area contributed by atoms with Crippen molar-refractivity contribution in [1.29, 1.82) is 0 Å². The van der Waals surface area contributed by atoms with E-state index in [-0.39, 0.29) is 17.9 Å². The van der Waals surface area contributed by atoms with Crippen molar-refractivity contribution >= 4 is 29.1 Å². The average molecular weight is 327 g/mol. The number of halogens is 2. The van der Waals surface area contributed by atoms with E-state index in [4.69, 9.17) is 23.2 Å². The fraction of sp³-hybridized carbons (Fsp3) is 0.562. The maximum absolute atomic E-state index is 12.8. The predicted octanol–water partition coefficient (Wildman–Crippen LogP) is 3.48. The molecule has 1 saturated heterocycles. The predicted molar refractivity (Wildman–Crippen MR) is 85.6 cm³/mol. The molecule has 5 heteroatoms. The Kier molecular flexibility index (Phi) is 4.43. The summed E-state index contributed by atoms with van der Waals surface area (Å²) in [4.78, 5) is 14.9. The Morgan fingerprint density at radius 3 is 2.62 bits per heavy atom. The van der Waals surface area contributed by atoms with Crippen LogP contribution in [0.3, 0.4) is 0 Å². The SMILES string of the molecule is CC1NCCC1C(=O)N(Cc1ccc(Cl)c(Cl)c1)C1CC1. The Balaban J connectivity index is 1.75. The number of rotatable bonds is 4. The zero-order valence-electron chi connectivity index (χ0n) is 12.1. The van der Waals surface area contributed by atoms with Gasteiger partial charge in [0.25, 0.3) is 0 Å². The summed E-state index contributed by atoms with van der Waals surface area (Å²) in [6.07, 6.45) is 3.16. The lowest BCUT2D eigenvalue weighted by atomic mass is 10.00. The minimum absolute atomic E-state index is 0.105. The molecule has 0 bridgehead atoms. The Morgan fingerprint density at radius 1 is 1.29 bits per heavy atom. The first-order valence-corrected chi connectivity index (χ1v) is 8.29. The van der Waals surface area contributed by atoms with Crippen LogP contribution in [0.25, 0.3) is 0 Å². The highest BCUT2D eigenvalue weighted by Crippen LogP contribution is 2.32. The van der Waals surface area contributed by atoms with Crippen molar-refractivity contribution in [2.24, 2.45) is 5.92 Å². The first-order valence-electron chi connectivity index (χ1n) is 7.54. The van der Waals surface area contributed by atoms with Gasteiger partial charge in [-0.25, -0.2) is 0 Å². The molecule has 1 aromatic rings. The van der Waals surface area contributed by atoms with E-state index in [1.165, 1.54) is 0 Å². The largest absolute Gasteiger partial charge is 0.335 e. The molecule has 2 atom stereocenters. The molecule has 3 nitrogen and oxygen atoms in total. The molecule has 1 aromatic carbocycles. The van der Waals surface area contributed by atoms with E-state index >= 15 is 0 Å². The number of hydrogen-bond acceptors (Lipinski definition) is 2. The second-order valence-corrected chi connectivity index (χ2v) is 6.90. The van der Waals surface area contributed by atoms with Crippen LogP contribution in [-0.4, -0.2) is 29.4 Å². The molecule has 21 heavy (non-hydrogen) atoms. The molecule has 1 saturated carbocycles. The van der Waals surface area contributed by atoms with Crippen LogP contribution in [0.5, 0.6) is 0 Å². The highest BCUT2D eigenvalue weighted by Gasteiger charge is 2.39. The van der Waals surface area contributed by atoms with Crippen LogP contribution in [0.1, 0.15) is 31.7 Å². The van der Waals surface area contributed by atoms with Gasteiger partial charge in [-0.15, -0.1) is 0 Å². The van der Waals surface area contributed by atoms with Gasteiger partial charge >= 0.3 is 0 Å². The van der Waals surface area contributed by atoms with E-state index in [2.05, 4.69) is 12.2 Å². The number of carbonyl (C=O) groups excluding carboxylic acids is 1. The summed E-state index contributed by atoms with van der Waals surface area (Å²) in [5.41, 5.74) is 1.04. The van der Waals surface area contributed by atoms with E-state index in [0.29, 0.717) is 22.6 Å². The van der Waals surface area contributed by atoms with Crippen molar-refractivity contribution in [1.82, 2.24) is 10.2 Å². The molecule has 0 spiro atoms. The Hall–Kier alpha value is -0.770. The summed E-state index contributed by atoms with van der Waals surface area (Å²) >= 11 is 12.0. The Bertz CT molecular complexity index is 545. The Morgan fingerprint density at radius 2 is 2.05 bits per heavy atom. The van der Waals surface area contributed by atoms with Crippen molar-refractivity contribution in [2.45, 2.75) is 44.8 Å². The van der Waals surface area contributed by atoms with E-state index in [0.717, 1.165) is 31.4 Å². The number of amides is 1. The van der Waals surface area contributed by atoms with Crippen molar-refractivity contribution in [3.8, 4) is 0 Å². The normalized spacial score (nSPS) is 25.1. The summed E-state index contributed by atoms with van der Waals surface area (Å²) in [6, 6.07) is 6.29. The summed E-state index contributed by atoms with van der Waals surface area (Å²) < 4.78 is 0. The van der Waals surface area contributed by atoms with Crippen LogP contribution in [0, 0.1) is 5.92 Å². The topological polar surface area (TPSA) is 32.3 Å². The van der Waals surface area contributed by atoms with E-state index < -0.39 is 0 Å². The third kappa shape index (κ3) is 3.36. The molecule has 1 heterocycles. The van der Waals surface area contributed by atoms with E-state index in [9.17, 15) is 4.79 Å². The summed E-state index contributed by atoms with van der Waals surface area (Å²) in [6.45, 7) is 3.66. The summed E-state index contributed by atoms with van der Waals surface area (Å²) in [7, 11) is 0. The summed E-state index contributed by atoms with van der Waals surface area (Å²) in [5.74, 6) is 0.384. The molecule has 1 aliphatic heterocycles. The first-order chi connectivity index (χ1) is 10.1. The lowest BCUT2D eigenvalue weighted by Crippen LogP contribution is -2.41. The van der Waals surface area contributed by atoms with Crippen LogP contribution < -0.4 is 5.32 Å². The molecule has 3 rings (SSSR count). The van der Waals surface area contributed by atoms with Crippen molar-refractivity contribution in [2.75, 3.05) is 6.54 Å². The number of nitrogens with zero attached hydrogens (tertiary/aromatic N) is 1. The number of nitrogens with one attached hydrogen (secondary N) is 1. The highest BCUT2D eigenvalue weighted by molar-refractivity contribution is 6.42. The molecule has 114 valence electrons. The van der Waals surface area contributed by atoms with Crippen LogP contribution in [-0.2, 0) is 11.3 Å². The second-order valence-electron chi connectivity index (χ2n) is 6.08. The minimum atomic E-state index is 0.105. The fourth-order valence-electron chi connectivity index (χ4n) is 3.02. The highest BCUT2D eigenvalue weighted by atomic mass is 35.5. The monoisotopic (exact) mass is 326 g/mol. The smallest absolute Gasteiger partial charge is 0.227 e. The maximum atomic E-state index is 12.8. The van der Waals surface area contributed by atoms with Gasteiger partial charge in [0.2, 0.25) is 5.91 Å². The van der Waals surface area contributed by atoms with Gasteiger partial charge in [-0.05, 0) is 50.4 Å². The maximum Gasteiger partial charge on any atom is 0.227 e. The molecule has 1 N–H and O–H groups in total. The first kappa shape index (κ1) is 15.1. The van der Waals surface area contributed by atoms with Gasteiger partial charge < -0.3 is 10.2 Å². The number of hydrogen-bond donors (Lipinski definition) is 1. The summed E-state index contributed by atoms with van der Waals surface area (Å²) in [5, 5.41) is 4.46. The van der Waals surface area contributed by atoms with Gasteiger partial charge in [0, 0.05) is 18.6 Å². The van der Waals surface area contributed by atoms with E-state index in [1.54, 1.807) is 6.07 Å². The molecular formula is C16H20Cl2N2O. The molecule has 0 radical (unpaired) electrons. The van der Waals surface area contributed by atoms with Gasteiger partial charge in [0.05, 0.1) is 16.0 Å². The molecule has 1 aliphatic carbocycles. The van der Waals surface area contributed by atoms with Crippen molar-refractivity contribution in [3.05, 3.63) is 33.8 Å². The van der Waals surface area contributed by atoms with Crippen LogP contribution >= 0.6 is 23.2 Å². The van der Waals surface area contributed by atoms with Crippen LogP contribution in [0.15, 0.2) is 18.2 Å². The lowest BCUT2D eigenvalue weighted by molar-refractivity contribution is -0.137. The Labute approximate surface area is 135 Å². The standard InChI is InChI=1S/C16H20Cl2N2O/c1-10-13(6-7-19-10)16(21)20(12-3-4-12)9-11-2-5-14(17)15(18)8-11/h2,5,8,10,12-13,19H,3-4,6-7,9H2,1H3. The average Bonchev–Trinajstić information content (AvgIpc) is 3.21. The van der Waals surface area contributed by atoms with Gasteiger partial charge in [0.1, 0.15) is 0 Å². The fourth-order valence-corrected chi connectivity index (χ4v) is 3.34. The quantitative estimate of drug-likeness (QED) is 0.918. The molecule has 1 amide bonds. The third-order valence-corrected chi connectivity index (χ3v) is 5.19. The minimum Gasteiger partial charge on any atom is -0.335 e. The van der Waals surface area contributed by atoms with Gasteiger partial charge in [-0.2, -0.15) is 0 Å².